The fourth-order valence-electron chi connectivity index (χ4n) is 1.64. The summed E-state index contributed by atoms with van der Waals surface area (Å²) >= 11 is 6.88. The van der Waals surface area contributed by atoms with Crippen LogP contribution in [0.15, 0.2) is 24.3 Å². The second-order valence-electron chi connectivity index (χ2n) is 4.10. The Hall–Kier alpha value is -1.59. The van der Waals surface area contributed by atoms with Crippen molar-refractivity contribution < 1.29 is 19.0 Å². The van der Waals surface area contributed by atoms with E-state index in [1.54, 1.807) is 12.1 Å². The minimum absolute atomic E-state index is 0.0177. The molecule has 1 heterocycles. The summed E-state index contributed by atoms with van der Waals surface area (Å²) in [5.41, 5.74) is 0.678. The van der Waals surface area contributed by atoms with Gasteiger partial charge < -0.3 is 9.84 Å². The zero-order chi connectivity index (χ0) is 14.7. The highest BCUT2D eigenvalue weighted by Gasteiger charge is 2.16. The van der Waals surface area contributed by atoms with Crippen molar-refractivity contribution >= 4 is 28.9 Å². The molecule has 2 rings (SSSR count). The van der Waals surface area contributed by atoms with E-state index in [4.69, 9.17) is 21.4 Å². The van der Waals surface area contributed by atoms with Crippen LogP contribution in [0.25, 0.3) is 0 Å². The third kappa shape index (κ3) is 3.29. The van der Waals surface area contributed by atoms with Crippen LogP contribution in [0.3, 0.4) is 0 Å². The molecule has 0 radical (unpaired) electrons. The maximum absolute atomic E-state index is 13.0. The van der Waals surface area contributed by atoms with Crippen LogP contribution in [0.5, 0.6) is 5.75 Å². The highest BCUT2D eigenvalue weighted by molar-refractivity contribution is 7.14. The van der Waals surface area contributed by atoms with Crippen molar-refractivity contribution in [3.8, 4) is 5.75 Å². The maximum atomic E-state index is 13.0. The summed E-state index contributed by atoms with van der Waals surface area (Å²) in [5.74, 6) is -1.17. The number of thiophene rings is 1. The largest absolute Gasteiger partial charge is 0.487 e. The van der Waals surface area contributed by atoms with Crippen molar-refractivity contribution in [2.45, 2.75) is 20.0 Å². The van der Waals surface area contributed by atoms with Crippen LogP contribution < -0.4 is 4.74 Å². The van der Waals surface area contributed by atoms with E-state index in [2.05, 4.69) is 0 Å². The molecule has 0 unspecified atom stereocenters. The van der Waals surface area contributed by atoms with Crippen LogP contribution in [-0.2, 0) is 13.0 Å². The monoisotopic (exact) mass is 314 g/mol. The van der Waals surface area contributed by atoms with Crippen LogP contribution in [0.4, 0.5) is 4.39 Å². The predicted molar refractivity (Wildman–Crippen MR) is 76.4 cm³/mol. The molecule has 0 saturated carbocycles. The summed E-state index contributed by atoms with van der Waals surface area (Å²) in [6.07, 6.45) is 0.747. The molecule has 106 valence electrons. The predicted octanol–water partition coefficient (Wildman–Crippen LogP) is 4.38. The SMILES string of the molecule is CCc1cc(OCc2ccc(F)c(Cl)c2)c(C(=O)O)s1. The smallest absolute Gasteiger partial charge is 0.349 e. The second-order valence-corrected chi connectivity index (χ2v) is 5.65. The van der Waals surface area contributed by atoms with Crippen LogP contribution in [0, 0.1) is 5.82 Å². The molecule has 0 saturated heterocycles. The average Bonchev–Trinajstić information content (AvgIpc) is 2.84. The van der Waals surface area contributed by atoms with Gasteiger partial charge in [0.05, 0.1) is 5.02 Å². The molecule has 0 bridgehead atoms. The fourth-order valence-corrected chi connectivity index (χ4v) is 2.72. The van der Waals surface area contributed by atoms with Crippen molar-refractivity contribution in [3.05, 3.63) is 50.4 Å². The first kappa shape index (κ1) is 14.8. The molecule has 0 aliphatic carbocycles. The van der Waals surface area contributed by atoms with Gasteiger partial charge in [0.2, 0.25) is 0 Å². The molecular formula is C14H12ClFO3S. The van der Waals surface area contributed by atoms with Gasteiger partial charge in [0.1, 0.15) is 18.2 Å². The van der Waals surface area contributed by atoms with Gasteiger partial charge in [0.25, 0.3) is 0 Å². The molecule has 3 nitrogen and oxygen atoms in total. The Labute approximate surface area is 124 Å². The first-order valence-electron chi connectivity index (χ1n) is 5.94. The van der Waals surface area contributed by atoms with Gasteiger partial charge in [0.15, 0.2) is 4.88 Å². The number of aryl methyl sites for hydroxylation is 1. The Kier molecular flexibility index (Phi) is 4.62. The number of hydrogen-bond donors (Lipinski definition) is 1. The van der Waals surface area contributed by atoms with Crippen LogP contribution >= 0.6 is 22.9 Å². The van der Waals surface area contributed by atoms with Crippen LogP contribution in [0.2, 0.25) is 5.02 Å². The van der Waals surface area contributed by atoms with Gasteiger partial charge in [-0.2, -0.15) is 0 Å². The lowest BCUT2D eigenvalue weighted by atomic mass is 10.2. The fraction of sp³-hybridized carbons (Fsp3) is 0.214. The summed E-state index contributed by atoms with van der Waals surface area (Å²) in [5, 5.41) is 9.13. The van der Waals surface area contributed by atoms with Gasteiger partial charge in [-0.3, -0.25) is 0 Å². The summed E-state index contributed by atoms with van der Waals surface area (Å²) in [7, 11) is 0. The summed E-state index contributed by atoms with van der Waals surface area (Å²) in [6, 6.07) is 5.99. The highest BCUT2D eigenvalue weighted by Crippen LogP contribution is 2.30. The first-order chi connectivity index (χ1) is 9.51. The van der Waals surface area contributed by atoms with Gasteiger partial charge in [-0.1, -0.05) is 24.6 Å². The molecule has 0 aliphatic rings. The van der Waals surface area contributed by atoms with Gasteiger partial charge >= 0.3 is 5.97 Å². The van der Waals surface area contributed by atoms with Crippen molar-refractivity contribution in [3.63, 3.8) is 0 Å². The van der Waals surface area contributed by atoms with E-state index in [1.807, 2.05) is 6.92 Å². The van der Waals surface area contributed by atoms with Gasteiger partial charge in [-0.05, 0) is 30.2 Å². The second kappa shape index (κ2) is 6.24. The molecule has 0 spiro atoms. The van der Waals surface area contributed by atoms with Gasteiger partial charge in [-0.25, -0.2) is 9.18 Å². The van der Waals surface area contributed by atoms with Gasteiger partial charge in [0, 0.05) is 4.88 Å². The van der Waals surface area contributed by atoms with E-state index in [1.165, 1.54) is 23.5 Å². The third-order valence-corrected chi connectivity index (χ3v) is 4.21. The number of halogens is 2. The Morgan fingerprint density at radius 2 is 2.20 bits per heavy atom. The average molecular weight is 315 g/mol. The molecule has 0 aliphatic heterocycles. The number of aromatic carboxylic acids is 1. The number of ether oxygens (including phenoxy) is 1. The van der Waals surface area contributed by atoms with E-state index in [-0.39, 0.29) is 16.5 Å². The van der Waals surface area contributed by atoms with Gasteiger partial charge in [-0.15, -0.1) is 11.3 Å². The molecule has 0 amide bonds. The number of carboxylic acids is 1. The lowest BCUT2D eigenvalue weighted by Crippen LogP contribution is -2.00. The molecule has 0 atom stereocenters. The lowest BCUT2D eigenvalue weighted by molar-refractivity contribution is 0.0697. The number of carboxylic acid groups (broad SMARTS) is 1. The molecule has 1 N–H and O–H groups in total. The number of benzene rings is 1. The molecule has 20 heavy (non-hydrogen) atoms. The molecular weight excluding hydrogens is 303 g/mol. The standard InChI is InChI=1S/C14H12ClFO3S/c1-2-9-6-12(13(20-9)14(17)18)19-7-8-3-4-11(16)10(15)5-8/h3-6H,2,7H2,1H3,(H,17,18). The quantitative estimate of drug-likeness (QED) is 0.890. The number of carbonyl (C=O) groups is 1. The van der Waals surface area contributed by atoms with Crippen LogP contribution in [-0.4, -0.2) is 11.1 Å². The Balaban J connectivity index is 2.15. The highest BCUT2D eigenvalue weighted by atomic mass is 35.5. The third-order valence-electron chi connectivity index (χ3n) is 2.67. The lowest BCUT2D eigenvalue weighted by Gasteiger charge is -2.06. The van der Waals surface area contributed by atoms with E-state index >= 15 is 0 Å². The van der Waals surface area contributed by atoms with E-state index in [0.717, 1.165) is 11.3 Å². The minimum Gasteiger partial charge on any atom is -0.487 e. The van der Waals surface area contributed by atoms with E-state index in [0.29, 0.717) is 11.3 Å². The maximum Gasteiger partial charge on any atom is 0.349 e. The molecule has 1 aromatic carbocycles. The van der Waals surface area contributed by atoms with E-state index < -0.39 is 11.8 Å². The summed E-state index contributed by atoms with van der Waals surface area (Å²) in [6.45, 7) is 2.08. The van der Waals surface area contributed by atoms with E-state index in [9.17, 15) is 9.18 Å². The Bertz CT molecular complexity index is 639. The summed E-state index contributed by atoms with van der Waals surface area (Å²) in [4.78, 5) is 12.2. The van der Waals surface area contributed by atoms with Crippen molar-refractivity contribution in [2.24, 2.45) is 0 Å². The van der Waals surface area contributed by atoms with Crippen molar-refractivity contribution in [1.29, 1.82) is 0 Å². The molecule has 6 heteroatoms. The first-order valence-corrected chi connectivity index (χ1v) is 7.13. The minimum atomic E-state index is -1.01. The Morgan fingerprint density at radius 3 is 2.80 bits per heavy atom. The van der Waals surface area contributed by atoms with Crippen LogP contribution in [0.1, 0.15) is 27.0 Å². The van der Waals surface area contributed by atoms with Crippen molar-refractivity contribution in [2.75, 3.05) is 0 Å². The zero-order valence-corrected chi connectivity index (χ0v) is 12.2. The molecule has 0 fully saturated rings. The topological polar surface area (TPSA) is 46.5 Å². The number of rotatable bonds is 5. The number of hydrogen-bond acceptors (Lipinski definition) is 3. The van der Waals surface area contributed by atoms with Crippen molar-refractivity contribution in [1.82, 2.24) is 0 Å². The molecule has 1 aromatic heterocycles. The zero-order valence-electron chi connectivity index (χ0n) is 10.7. The normalized spacial score (nSPS) is 10.6. The summed E-state index contributed by atoms with van der Waals surface area (Å²) < 4.78 is 18.5. The Morgan fingerprint density at radius 1 is 1.45 bits per heavy atom. The molecule has 2 aromatic rings.